The van der Waals surface area contributed by atoms with Crippen LogP contribution in [0.1, 0.15) is 67.8 Å². The predicted molar refractivity (Wildman–Crippen MR) is 160 cm³/mol. The minimum absolute atomic E-state index is 0.0497. The van der Waals surface area contributed by atoms with Crippen molar-refractivity contribution >= 4 is 46.4 Å². The highest BCUT2D eigenvalue weighted by molar-refractivity contribution is 14.1. The topological polar surface area (TPSA) is 97.5 Å². The zero-order valence-electron chi connectivity index (χ0n) is 22.8. The van der Waals surface area contributed by atoms with E-state index in [4.69, 9.17) is 10.1 Å². The van der Waals surface area contributed by atoms with E-state index in [1.54, 1.807) is 29.2 Å². The number of nitrogens with one attached hydrogen (secondary N) is 1. The molecule has 0 unspecified atom stereocenters. The molecule has 2 aliphatic rings. The van der Waals surface area contributed by atoms with E-state index in [2.05, 4.69) is 43.9 Å². The number of halogens is 2. The number of allylic oxidation sites excluding steroid dienone is 2. The van der Waals surface area contributed by atoms with Crippen LogP contribution in [-0.4, -0.2) is 52.1 Å². The van der Waals surface area contributed by atoms with Gasteiger partial charge >= 0.3 is 6.16 Å². The summed E-state index contributed by atoms with van der Waals surface area (Å²) in [5.74, 6) is -0.374. The number of ether oxygens (including phenoxy) is 2. The Labute approximate surface area is 247 Å². The van der Waals surface area contributed by atoms with Crippen LogP contribution in [0.2, 0.25) is 0 Å². The Balaban J connectivity index is 1.37. The molecule has 1 aromatic carbocycles. The van der Waals surface area contributed by atoms with Gasteiger partial charge in [-0.2, -0.15) is 5.10 Å². The molecule has 0 bridgehead atoms. The molecule has 2 heterocycles. The third-order valence-electron chi connectivity index (χ3n) is 7.38. The lowest BCUT2D eigenvalue weighted by Gasteiger charge is -2.28. The van der Waals surface area contributed by atoms with E-state index in [1.807, 2.05) is 19.1 Å². The molecule has 1 aliphatic carbocycles. The summed E-state index contributed by atoms with van der Waals surface area (Å²) in [6.07, 6.45) is 10.3. The largest absolute Gasteiger partial charge is 0.508 e. The fourth-order valence-electron chi connectivity index (χ4n) is 5.34. The van der Waals surface area contributed by atoms with Gasteiger partial charge in [0.1, 0.15) is 11.9 Å². The second kappa shape index (κ2) is 13.4. The van der Waals surface area contributed by atoms with Gasteiger partial charge in [0, 0.05) is 51.0 Å². The van der Waals surface area contributed by atoms with Crippen LogP contribution in [0.25, 0.3) is 6.20 Å². The standard InChI is InChI=1S/C30H34FIN4O4/c1-19(35-12-5-8-29(35)25-16-22(32)9-10-27(25)31)11-13-36-20(2)26(18-34-36)28(33)17-23(37)14-21-6-4-7-24(15-21)40-30(38)39-3/h9-11,13-14,16,18,24,29,33H,1,4-8,12,15,17H2,2-3H3/b13-11-,21-14-,33-28?/t24-,29+/m0/s1. The maximum absolute atomic E-state index is 14.6. The van der Waals surface area contributed by atoms with Crippen molar-refractivity contribution < 1.29 is 23.5 Å². The summed E-state index contributed by atoms with van der Waals surface area (Å²) in [5, 5.41) is 12.9. The summed E-state index contributed by atoms with van der Waals surface area (Å²) in [7, 11) is 1.27. The molecule has 10 heteroatoms. The van der Waals surface area contributed by atoms with Crippen LogP contribution < -0.4 is 0 Å². The summed E-state index contributed by atoms with van der Waals surface area (Å²) in [6.45, 7) is 6.86. The zero-order chi connectivity index (χ0) is 28.8. The highest BCUT2D eigenvalue weighted by Gasteiger charge is 2.28. The van der Waals surface area contributed by atoms with E-state index >= 15 is 0 Å². The molecule has 1 N–H and O–H groups in total. The first-order valence-corrected chi connectivity index (χ1v) is 14.4. The van der Waals surface area contributed by atoms with Crippen molar-refractivity contribution in [3.8, 4) is 0 Å². The number of carbonyl (C=O) groups excluding carboxylic acids is 2. The van der Waals surface area contributed by atoms with Gasteiger partial charge in [-0.05, 0) is 92.0 Å². The van der Waals surface area contributed by atoms with Gasteiger partial charge in [0.15, 0.2) is 5.78 Å². The highest BCUT2D eigenvalue weighted by Crippen LogP contribution is 2.36. The fourth-order valence-corrected chi connectivity index (χ4v) is 5.86. The van der Waals surface area contributed by atoms with Crippen molar-refractivity contribution in [2.45, 2.75) is 64.0 Å². The minimum Gasteiger partial charge on any atom is -0.438 e. The normalized spacial score (nSPS) is 20.2. The van der Waals surface area contributed by atoms with Gasteiger partial charge in [0.2, 0.25) is 0 Å². The predicted octanol–water partition coefficient (Wildman–Crippen LogP) is 6.74. The molecular formula is C30H34FIN4O4. The van der Waals surface area contributed by atoms with E-state index < -0.39 is 6.16 Å². The van der Waals surface area contributed by atoms with E-state index in [0.717, 1.165) is 59.2 Å². The van der Waals surface area contributed by atoms with Crippen LogP contribution in [0.3, 0.4) is 0 Å². The number of benzene rings is 1. The van der Waals surface area contributed by atoms with Gasteiger partial charge in [0.25, 0.3) is 0 Å². The van der Waals surface area contributed by atoms with E-state index in [0.29, 0.717) is 17.5 Å². The van der Waals surface area contributed by atoms with Crippen molar-refractivity contribution in [2.75, 3.05) is 13.7 Å². The second-order valence-corrected chi connectivity index (χ2v) is 11.4. The van der Waals surface area contributed by atoms with Gasteiger partial charge in [-0.15, -0.1) is 0 Å². The third-order valence-corrected chi connectivity index (χ3v) is 8.05. The first kappa shape index (κ1) is 29.7. The Morgan fingerprint density at radius 2 is 2.10 bits per heavy atom. The third kappa shape index (κ3) is 7.26. The average Bonchev–Trinajstić information content (AvgIpc) is 3.55. The molecule has 1 saturated carbocycles. The fraction of sp³-hybridized carbons (Fsp3) is 0.400. The summed E-state index contributed by atoms with van der Waals surface area (Å²) in [5.41, 5.74) is 3.88. The number of hydrogen-bond acceptors (Lipinski definition) is 7. The molecule has 1 aliphatic heterocycles. The Bertz CT molecular complexity index is 1370. The molecule has 212 valence electrons. The van der Waals surface area contributed by atoms with Crippen molar-refractivity contribution in [2.24, 2.45) is 0 Å². The van der Waals surface area contributed by atoms with E-state index in [9.17, 15) is 14.0 Å². The molecule has 2 atom stereocenters. The highest BCUT2D eigenvalue weighted by atomic mass is 127. The first-order chi connectivity index (χ1) is 19.2. The quantitative estimate of drug-likeness (QED) is 0.105. The molecule has 8 nitrogen and oxygen atoms in total. The Morgan fingerprint density at radius 1 is 1.30 bits per heavy atom. The van der Waals surface area contributed by atoms with Crippen molar-refractivity contribution in [3.05, 3.63) is 80.6 Å². The van der Waals surface area contributed by atoms with Crippen LogP contribution in [-0.2, 0) is 14.3 Å². The maximum atomic E-state index is 14.6. The van der Waals surface area contributed by atoms with E-state index in [-0.39, 0.29) is 35.9 Å². The number of rotatable bonds is 9. The molecule has 0 spiro atoms. The van der Waals surface area contributed by atoms with Crippen LogP contribution in [0.15, 0.2) is 54.4 Å². The molecule has 2 fully saturated rings. The number of nitrogens with zero attached hydrogens (tertiary/aromatic N) is 3. The average molecular weight is 661 g/mol. The Morgan fingerprint density at radius 3 is 2.88 bits per heavy atom. The molecule has 4 rings (SSSR count). The van der Waals surface area contributed by atoms with Crippen LogP contribution >= 0.6 is 22.6 Å². The monoisotopic (exact) mass is 660 g/mol. The lowest BCUT2D eigenvalue weighted by molar-refractivity contribution is -0.113. The summed E-state index contributed by atoms with van der Waals surface area (Å²) in [4.78, 5) is 26.2. The van der Waals surface area contributed by atoms with Gasteiger partial charge in [-0.3, -0.25) is 4.79 Å². The smallest absolute Gasteiger partial charge is 0.438 e. The van der Waals surface area contributed by atoms with Gasteiger partial charge in [0.05, 0.1) is 25.8 Å². The lowest BCUT2D eigenvalue weighted by Crippen LogP contribution is -2.22. The molecule has 2 aromatic rings. The maximum Gasteiger partial charge on any atom is 0.508 e. The molecule has 0 radical (unpaired) electrons. The Hall–Kier alpha value is -3.28. The first-order valence-electron chi connectivity index (χ1n) is 13.3. The number of methoxy groups -OCH3 is 1. The van der Waals surface area contributed by atoms with Crippen LogP contribution in [0.5, 0.6) is 0 Å². The molecular weight excluding hydrogens is 626 g/mol. The lowest BCUT2D eigenvalue weighted by atomic mass is 9.91. The van der Waals surface area contributed by atoms with Gasteiger partial charge in [-0.25, -0.2) is 13.9 Å². The van der Waals surface area contributed by atoms with Crippen LogP contribution in [0, 0.1) is 21.7 Å². The van der Waals surface area contributed by atoms with Crippen molar-refractivity contribution in [1.29, 1.82) is 5.41 Å². The molecule has 1 saturated heterocycles. The number of aromatic nitrogens is 2. The number of likely N-dealkylation sites (tertiary alicyclic amines) is 1. The number of hydrogen-bond donors (Lipinski definition) is 1. The summed E-state index contributed by atoms with van der Waals surface area (Å²) >= 11 is 2.20. The number of ketones is 1. The van der Waals surface area contributed by atoms with Gasteiger partial charge in [-0.1, -0.05) is 12.2 Å². The number of carbonyl (C=O) groups is 2. The SMILES string of the molecule is C=C(/C=C\n1ncc(C(=N)CC(=O)/C=C2/CCC[C@H](OC(=O)OC)C2)c1C)N1CCC[C@@H]1c1cc(I)ccc1F. The minimum atomic E-state index is -0.718. The second-order valence-electron chi connectivity index (χ2n) is 10.1. The van der Waals surface area contributed by atoms with Crippen LogP contribution in [0.4, 0.5) is 9.18 Å². The molecule has 0 amide bonds. The van der Waals surface area contributed by atoms with Crippen molar-refractivity contribution in [3.63, 3.8) is 0 Å². The molecule has 40 heavy (non-hydrogen) atoms. The van der Waals surface area contributed by atoms with E-state index in [1.165, 1.54) is 13.2 Å². The Kier molecular flexibility index (Phi) is 9.94. The summed E-state index contributed by atoms with van der Waals surface area (Å²) in [6, 6.07) is 5.11. The zero-order valence-corrected chi connectivity index (χ0v) is 24.9. The van der Waals surface area contributed by atoms with Gasteiger partial charge < -0.3 is 19.8 Å². The summed E-state index contributed by atoms with van der Waals surface area (Å²) < 4.78 is 27.0. The molecule has 1 aromatic heterocycles. The van der Waals surface area contributed by atoms with Crippen molar-refractivity contribution in [1.82, 2.24) is 14.7 Å².